The molecule has 1 atom stereocenters. The zero-order valence-corrected chi connectivity index (χ0v) is 15.4. The highest BCUT2D eigenvalue weighted by Gasteiger charge is 2.43. The lowest BCUT2D eigenvalue weighted by Gasteiger charge is -2.27. The summed E-state index contributed by atoms with van der Waals surface area (Å²) in [6, 6.07) is 5.18. The summed E-state index contributed by atoms with van der Waals surface area (Å²) < 4.78 is 27.6. The van der Waals surface area contributed by atoms with Crippen molar-refractivity contribution < 1.29 is 13.2 Å². The first-order valence-corrected chi connectivity index (χ1v) is 11.1. The predicted octanol–water partition coefficient (Wildman–Crippen LogP) is 1.86. The summed E-state index contributed by atoms with van der Waals surface area (Å²) in [6.45, 7) is 0. The molecule has 7 heteroatoms. The summed E-state index contributed by atoms with van der Waals surface area (Å²) in [5, 5.41) is 0. The van der Waals surface area contributed by atoms with Gasteiger partial charge in [-0.2, -0.15) is 4.31 Å². The first kappa shape index (κ1) is 16.4. The van der Waals surface area contributed by atoms with Crippen molar-refractivity contribution in [2.45, 2.75) is 49.1 Å². The largest absolute Gasteiger partial charge is 0.341 e. The monoisotopic (exact) mass is 366 g/mol. The first-order valence-electron chi connectivity index (χ1n) is 8.46. The van der Waals surface area contributed by atoms with E-state index in [9.17, 15) is 13.2 Å². The van der Waals surface area contributed by atoms with Crippen LogP contribution in [0.5, 0.6) is 0 Å². The highest BCUT2D eigenvalue weighted by atomic mass is 32.2. The number of thioether (sulfide) groups is 1. The Hall–Kier alpha value is -1.05. The molecule has 0 bridgehead atoms. The van der Waals surface area contributed by atoms with Gasteiger partial charge in [0.15, 0.2) is 0 Å². The summed E-state index contributed by atoms with van der Waals surface area (Å²) in [5.74, 6) is 0.834. The second-order valence-corrected chi connectivity index (χ2v) is 9.76. The van der Waals surface area contributed by atoms with E-state index in [2.05, 4.69) is 0 Å². The third-order valence-corrected chi connectivity index (χ3v) is 8.27. The van der Waals surface area contributed by atoms with Crippen LogP contribution in [0.2, 0.25) is 0 Å². The van der Waals surface area contributed by atoms with Gasteiger partial charge in [-0.3, -0.25) is 4.79 Å². The van der Waals surface area contributed by atoms with Gasteiger partial charge < -0.3 is 4.90 Å². The number of likely N-dealkylation sites (N-methyl/N-ethyl adjacent to an activating group) is 1. The van der Waals surface area contributed by atoms with E-state index in [0.29, 0.717) is 22.6 Å². The Kier molecular flexibility index (Phi) is 4.13. The first-order chi connectivity index (χ1) is 11.5. The van der Waals surface area contributed by atoms with Crippen LogP contribution < -0.4 is 0 Å². The fourth-order valence-corrected chi connectivity index (χ4v) is 6.77. The van der Waals surface area contributed by atoms with Gasteiger partial charge >= 0.3 is 0 Å². The Labute approximate surface area is 147 Å². The molecule has 2 aliphatic carbocycles. The lowest BCUT2D eigenvalue weighted by atomic mass is 10.1. The minimum Gasteiger partial charge on any atom is -0.341 e. The summed E-state index contributed by atoms with van der Waals surface area (Å²) in [5.41, 5.74) is 2.40. The van der Waals surface area contributed by atoms with Crippen LogP contribution in [-0.2, 0) is 27.7 Å². The normalized spacial score (nSPS) is 24.1. The topological polar surface area (TPSA) is 57.7 Å². The Balaban J connectivity index is 1.61. The molecule has 130 valence electrons. The highest BCUT2D eigenvalue weighted by molar-refractivity contribution is 8.00. The smallest absolute Gasteiger partial charge is 0.244 e. The Bertz CT molecular complexity index is 774. The second kappa shape index (κ2) is 6.04. The zero-order valence-electron chi connectivity index (χ0n) is 13.8. The van der Waals surface area contributed by atoms with Crippen molar-refractivity contribution in [3.05, 3.63) is 29.3 Å². The van der Waals surface area contributed by atoms with Crippen molar-refractivity contribution >= 4 is 27.7 Å². The van der Waals surface area contributed by atoms with Crippen LogP contribution in [0.4, 0.5) is 0 Å². The average molecular weight is 367 g/mol. The van der Waals surface area contributed by atoms with Gasteiger partial charge in [0.25, 0.3) is 0 Å². The maximum Gasteiger partial charge on any atom is 0.244 e. The number of nitrogens with zero attached hydrogens (tertiary/aromatic N) is 2. The van der Waals surface area contributed by atoms with E-state index in [1.165, 1.54) is 21.6 Å². The molecule has 0 radical (unpaired) electrons. The molecule has 2 fully saturated rings. The molecule has 5 nitrogen and oxygen atoms in total. The molecular formula is C17H22N2O3S2. The molecule has 24 heavy (non-hydrogen) atoms. The van der Waals surface area contributed by atoms with Gasteiger partial charge in [-0.15, -0.1) is 11.8 Å². The Morgan fingerprint density at radius 1 is 1.25 bits per heavy atom. The van der Waals surface area contributed by atoms with Gasteiger partial charge in [-0.05, 0) is 55.4 Å². The van der Waals surface area contributed by atoms with E-state index in [4.69, 9.17) is 0 Å². The molecule has 0 N–H and O–H groups in total. The lowest BCUT2D eigenvalue weighted by Crippen LogP contribution is -2.48. The van der Waals surface area contributed by atoms with Crippen LogP contribution in [0.15, 0.2) is 23.1 Å². The van der Waals surface area contributed by atoms with E-state index in [1.54, 1.807) is 18.0 Å². The van der Waals surface area contributed by atoms with Crippen molar-refractivity contribution in [3.63, 3.8) is 0 Å². The molecular weight excluding hydrogens is 344 g/mol. The number of fused-ring (bicyclic) bond motifs is 1. The number of amides is 1. The predicted molar refractivity (Wildman–Crippen MR) is 94.4 cm³/mol. The van der Waals surface area contributed by atoms with E-state index in [1.807, 2.05) is 12.1 Å². The van der Waals surface area contributed by atoms with Gasteiger partial charge in [-0.1, -0.05) is 6.07 Å². The third kappa shape index (κ3) is 2.76. The molecule has 4 rings (SSSR count). The maximum absolute atomic E-state index is 13.1. The molecule has 1 aliphatic heterocycles. The van der Waals surface area contributed by atoms with Gasteiger partial charge in [0.2, 0.25) is 15.9 Å². The van der Waals surface area contributed by atoms with Gasteiger partial charge in [0, 0.05) is 18.8 Å². The van der Waals surface area contributed by atoms with Crippen LogP contribution in [0, 0.1) is 0 Å². The summed E-state index contributed by atoms with van der Waals surface area (Å²) >= 11 is 1.51. The Morgan fingerprint density at radius 2 is 2.00 bits per heavy atom. The van der Waals surface area contributed by atoms with Gasteiger partial charge in [-0.25, -0.2) is 8.42 Å². The fourth-order valence-electron chi connectivity index (χ4n) is 3.58. The van der Waals surface area contributed by atoms with Crippen LogP contribution in [0.1, 0.15) is 30.4 Å². The molecule has 3 aliphatic rings. The standard InChI is InChI=1S/C17H22N2O3S2/c1-18(14-6-7-14)17(20)16-10-23-11-19(16)24(21,22)15-8-5-12-3-2-4-13(12)9-15/h5,8-9,14,16H,2-4,6-7,10-11H2,1H3/t16-/m1/s1. The van der Waals surface area contributed by atoms with E-state index >= 15 is 0 Å². The van der Waals surface area contributed by atoms with Crippen LogP contribution in [0.25, 0.3) is 0 Å². The van der Waals surface area contributed by atoms with Crippen LogP contribution in [0.3, 0.4) is 0 Å². The van der Waals surface area contributed by atoms with E-state index in [0.717, 1.165) is 37.7 Å². The number of hydrogen-bond donors (Lipinski definition) is 0. The van der Waals surface area contributed by atoms with Gasteiger partial charge in [0.1, 0.15) is 6.04 Å². The number of carbonyl (C=O) groups is 1. The molecule has 0 unspecified atom stereocenters. The van der Waals surface area contributed by atoms with Crippen molar-refractivity contribution in [3.8, 4) is 0 Å². The van der Waals surface area contributed by atoms with Crippen molar-refractivity contribution in [1.82, 2.24) is 9.21 Å². The molecule has 1 heterocycles. The molecule has 0 aromatic heterocycles. The molecule has 1 saturated heterocycles. The highest BCUT2D eigenvalue weighted by Crippen LogP contribution is 2.33. The number of hydrogen-bond acceptors (Lipinski definition) is 4. The Morgan fingerprint density at radius 3 is 2.75 bits per heavy atom. The number of sulfonamides is 1. The van der Waals surface area contributed by atoms with Gasteiger partial charge in [0.05, 0.1) is 10.8 Å². The minimum absolute atomic E-state index is 0.0627. The number of rotatable bonds is 4. The summed E-state index contributed by atoms with van der Waals surface area (Å²) in [4.78, 5) is 14.8. The third-order valence-electron chi connectivity index (χ3n) is 5.25. The molecule has 0 spiro atoms. The molecule has 1 saturated carbocycles. The molecule has 1 amide bonds. The average Bonchev–Trinajstić information content (AvgIpc) is 3.11. The van der Waals surface area contributed by atoms with Crippen LogP contribution >= 0.6 is 11.8 Å². The van der Waals surface area contributed by atoms with Crippen molar-refractivity contribution in [2.75, 3.05) is 18.7 Å². The SMILES string of the molecule is CN(C(=O)[C@H]1CSCN1S(=O)(=O)c1ccc2c(c1)CCC2)C1CC1. The molecule has 1 aromatic carbocycles. The van der Waals surface area contributed by atoms with E-state index < -0.39 is 16.1 Å². The summed E-state index contributed by atoms with van der Waals surface area (Å²) in [7, 11) is -1.83. The minimum atomic E-state index is -3.63. The van der Waals surface area contributed by atoms with Crippen LogP contribution in [-0.4, -0.2) is 54.3 Å². The zero-order chi connectivity index (χ0) is 16.9. The molecule has 1 aromatic rings. The maximum atomic E-state index is 13.1. The second-order valence-electron chi connectivity index (χ2n) is 6.87. The van der Waals surface area contributed by atoms with E-state index in [-0.39, 0.29) is 5.91 Å². The van der Waals surface area contributed by atoms with Crippen molar-refractivity contribution in [1.29, 1.82) is 0 Å². The number of benzene rings is 1. The summed E-state index contributed by atoms with van der Waals surface area (Å²) in [6.07, 6.45) is 5.12. The quantitative estimate of drug-likeness (QED) is 0.816. The number of aryl methyl sites for hydroxylation is 2. The number of carbonyl (C=O) groups excluding carboxylic acids is 1. The van der Waals surface area contributed by atoms with Crippen molar-refractivity contribution in [2.24, 2.45) is 0 Å². The lowest BCUT2D eigenvalue weighted by molar-refractivity contribution is -0.133. The fraction of sp³-hybridized carbons (Fsp3) is 0.588.